The Kier molecular flexibility index (Phi) is 3.17. The Bertz CT molecular complexity index is 125. The molecule has 0 aliphatic heterocycles. The summed E-state index contributed by atoms with van der Waals surface area (Å²) < 4.78 is -0.158. The van der Waals surface area contributed by atoms with Crippen molar-refractivity contribution in [3.63, 3.8) is 0 Å². The quantitative estimate of drug-likeness (QED) is 0.613. The first-order valence-corrected chi connectivity index (χ1v) is 5.93. The predicted octanol–water partition coefficient (Wildman–Crippen LogP) is 4.38. The molecular weight excluding hydrogens is 347 g/mol. The average Bonchev–Trinajstić information content (AvgIpc) is 1.57. The van der Waals surface area contributed by atoms with Gasteiger partial charge in [-0.15, -0.1) is 11.6 Å². The van der Waals surface area contributed by atoms with Gasteiger partial charge in [0.1, 0.15) is 2.14 Å². The van der Waals surface area contributed by atoms with E-state index < -0.39 is 0 Å². The van der Waals surface area contributed by atoms with Crippen LogP contribution >= 0.6 is 59.4 Å². The van der Waals surface area contributed by atoms with Gasteiger partial charge in [-0.2, -0.15) is 0 Å². The summed E-state index contributed by atoms with van der Waals surface area (Å²) in [4.78, 5) is 0.0382. The van der Waals surface area contributed by atoms with E-state index in [0.717, 1.165) is 19.3 Å². The van der Waals surface area contributed by atoms with E-state index in [2.05, 4.69) is 47.8 Å². The SMILES string of the molecule is ClC1(CC(Br)(Br)Br)CCC1. The molecule has 0 aromatic rings. The van der Waals surface area contributed by atoms with Crippen molar-refractivity contribution in [2.75, 3.05) is 0 Å². The number of halogens is 4. The molecular formula is C6H8Br3Cl. The Morgan fingerprint density at radius 1 is 1.30 bits per heavy atom. The van der Waals surface area contributed by atoms with Crippen molar-refractivity contribution in [2.45, 2.75) is 32.7 Å². The average molecular weight is 355 g/mol. The van der Waals surface area contributed by atoms with E-state index >= 15 is 0 Å². The van der Waals surface area contributed by atoms with Crippen molar-refractivity contribution in [2.24, 2.45) is 0 Å². The van der Waals surface area contributed by atoms with Crippen molar-refractivity contribution in [1.29, 1.82) is 0 Å². The molecule has 1 saturated carbocycles. The highest BCUT2D eigenvalue weighted by atomic mass is 80.0. The molecule has 0 N–H and O–H groups in total. The van der Waals surface area contributed by atoms with Crippen LogP contribution in [0.1, 0.15) is 25.7 Å². The van der Waals surface area contributed by atoms with Crippen molar-refractivity contribution < 1.29 is 0 Å². The van der Waals surface area contributed by atoms with Crippen LogP contribution in [0.3, 0.4) is 0 Å². The van der Waals surface area contributed by atoms with Gasteiger partial charge >= 0.3 is 0 Å². The molecule has 0 spiro atoms. The molecule has 0 unspecified atom stereocenters. The Balaban J connectivity index is 2.37. The fourth-order valence-electron chi connectivity index (χ4n) is 1.10. The third kappa shape index (κ3) is 3.00. The molecule has 0 amide bonds. The van der Waals surface area contributed by atoms with Crippen LogP contribution < -0.4 is 0 Å². The topological polar surface area (TPSA) is 0 Å². The normalized spacial score (nSPS) is 24.0. The summed E-state index contributed by atoms with van der Waals surface area (Å²) in [6.07, 6.45) is 4.46. The third-order valence-corrected chi connectivity index (χ3v) is 3.12. The maximum Gasteiger partial charge on any atom is 0.136 e. The highest BCUT2D eigenvalue weighted by Gasteiger charge is 2.40. The lowest BCUT2D eigenvalue weighted by atomic mass is 9.82. The summed E-state index contributed by atoms with van der Waals surface area (Å²) in [5.74, 6) is 0. The zero-order valence-corrected chi connectivity index (χ0v) is 10.9. The standard InChI is InChI=1S/C6H8Br3Cl/c7-6(8,9)4-5(10)2-1-3-5/h1-4H2. The Morgan fingerprint density at radius 2 is 1.80 bits per heavy atom. The molecule has 0 bridgehead atoms. The summed E-state index contributed by atoms with van der Waals surface area (Å²) in [6.45, 7) is 0. The van der Waals surface area contributed by atoms with Gasteiger partial charge < -0.3 is 0 Å². The van der Waals surface area contributed by atoms with E-state index in [9.17, 15) is 0 Å². The maximum absolute atomic E-state index is 6.20. The first kappa shape index (κ1) is 9.82. The van der Waals surface area contributed by atoms with Crippen molar-refractivity contribution in [3.05, 3.63) is 0 Å². The van der Waals surface area contributed by atoms with Gasteiger partial charge in [0.15, 0.2) is 0 Å². The minimum absolute atomic E-state index is 0.0382. The molecule has 0 aromatic heterocycles. The molecule has 0 atom stereocenters. The van der Waals surface area contributed by atoms with Crippen LogP contribution in [0.25, 0.3) is 0 Å². The number of rotatable bonds is 1. The van der Waals surface area contributed by atoms with Gasteiger partial charge in [0.2, 0.25) is 0 Å². The molecule has 0 aromatic carbocycles. The number of alkyl halides is 4. The van der Waals surface area contributed by atoms with Crippen molar-refractivity contribution in [3.8, 4) is 0 Å². The zero-order chi connectivity index (χ0) is 7.83. The minimum atomic E-state index is -0.158. The van der Waals surface area contributed by atoms with Gasteiger partial charge in [-0.25, -0.2) is 0 Å². The van der Waals surface area contributed by atoms with Gasteiger partial charge in [0.05, 0.1) is 0 Å². The second-order valence-corrected chi connectivity index (χ2v) is 10.9. The lowest BCUT2D eigenvalue weighted by Gasteiger charge is -2.38. The van der Waals surface area contributed by atoms with E-state index in [4.69, 9.17) is 11.6 Å². The van der Waals surface area contributed by atoms with Crippen molar-refractivity contribution in [1.82, 2.24) is 0 Å². The van der Waals surface area contributed by atoms with E-state index in [-0.39, 0.29) is 7.02 Å². The monoisotopic (exact) mass is 352 g/mol. The smallest absolute Gasteiger partial charge is 0.119 e. The van der Waals surface area contributed by atoms with Gasteiger partial charge in [0.25, 0.3) is 0 Å². The maximum atomic E-state index is 6.20. The molecule has 1 rings (SSSR count). The molecule has 1 fully saturated rings. The van der Waals surface area contributed by atoms with Crippen LogP contribution in [0.5, 0.6) is 0 Å². The summed E-state index contributed by atoms with van der Waals surface area (Å²) in [6, 6.07) is 0. The molecule has 1 aliphatic rings. The van der Waals surface area contributed by atoms with Gasteiger partial charge in [-0.1, -0.05) is 47.8 Å². The molecule has 10 heavy (non-hydrogen) atoms. The highest BCUT2D eigenvalue weighted by Crippen LogP contribution is 2.50. The van der Waals surface area contributed by atoms with Crippen LogP contribution in [0.4, 0.5) is 0 Å². The first-order chi connectivity index (χ1) is 4.41. The highest BCUT2D eigenvalue weighted by molar-refractivity contribution is 9.39. The zero-order valence-electron chi connectivity index (χ0n) is 5.34. The largest absolute Gasteiger partial charge is 0.136 e. The molecule has 60 valence electrons. The Labute approximate surface area is 91.5 Å². The van der Waals surface area contributed by atoms with Crippen LogP contribution in [-0.4, -0.2) is 7.02 Å². The number of hydrogen-bond donors (Lipinski definition) is 0. The van der Waals surface area contributed by atoms with Gasteiger partial charge in [-0.05, 0) is 19.3 Å². The van der Waals surface area contributed by atoms with Crippen LogP contribution in [0, 0.1) is 0 Å². The summed E-state index contributed by atoms with van der Waals surface area (Å²) >= 11 is 16.5. The Morgan fingerprint density at radius 3 is 1.90 bits per heavy atom. The van der Waals surface area contributed by atoms with E-state index in [0.29, 0.717) is 0 Å². The molecule has 0 nitrogen and oxygen atoms in total. The summed E-state index contributed by atoms with van der Waals surface area (Å²) in [5.41, 5.74) is 0. The molecule has 1 aliphatic carbocycles. The van der Waals surface area contributed by atoms with Crippen molar-refractivity contribution >= 4 is 59.4 Å². The molecule has 0 heterocycles. The van der Waals surface area contributed by atoms with Gasteiger partial charge in [-0.3, -0.25) is 0 Å². The van der Waals surface area contributed by atoms with E-state index in [1.807, 2.05) is 0 Å². The molecule has 4 heteroatoms. The predicted molar refractivity (Wildman–Crippen MR) is 56.6 cm³/mol. The lowest BCUT2D eigenvalue weighted by Crippen LogP contribution is -2.34. The van der Waals surface area contributed by atoms with Crippen LogP contribution in [0.2, 0.25) is 0 Å². The van der Waals surface area contributed by atoms with Crippen LogP contribution in [-0.2, 0) is 0 Å². The summed E-state index contributed by atoms with van der Waals surface area (Å²) in [5, 5.41) is 0. The number of hydrogen-bond acceptors (Lipinski definition) is 0. The van der Waals surface area contributed by atoms with E-state index in [1.165, 1.54) is 6.42 Å². The van der Waals surface area contributed by atoms with Crippen LogP contribution in [0.15, 0.2) is 0 Å². The minimum Gasteiger partial charge on any atom is -0.119 e. The third-order valence-electron chi connectivity index (χ3n) is 1.77. The summed E-state index contributed by atoms with van der Waals surface area (Å²) in [7, 11) is 0. The fourth-order valence-corrected chi connectivity index (χ4v) is 3.66. The first-order valence-electron chi connectivity index (χ1n) is 3.17. The fraction of sp³-hybridized carbons (Fsp3) is 1.00. The lowest BCUT2D eigenvalue weighted by molar-refractivity contribution is 0.340. The Hall–Kier alpha value is 1.73. The van der Waals surface area contributed by atoms with Gasteiger partial charge in [0, 0.05) is 11.3 Å². The second-order valence-electron chi connectivity index (χ2n) is 2.80. The van der Waals surface area contributed by atoms with E-state index in [1.54, 1.807) is 0 Å². The second kappa shape index (κ2) is 3.23. The molecule has 0 radical (unpaired) electrons. The molecule has 0 saturated heterocycles.